The third-order valence-electron chi connectivity index (χ3n) is 5.59. The van der Waals surface area contributed by atoms with Gasteiger partial charge in [0.15, 0.2) is 6.10 Å². The second-order valence-corrected chi connectivity index (χ2v) is 7.90. The molecule has 6 heteroatoms. The monoisotopic (exact) mass is 399 g/mol. The van der Waals surface area contributed by atoms with Crippen LogP contribution in [0.15, 0.2) is 36.0 Å². The highest BCUT2D eigenvalue weighted by Gasteiger charge is 2.28. The second kappa shape index (κ2) is 10.0. The molecule has 3 rings (SSSR count). The van der Waals surface area contributed by atoms with E-state index < -0.39 is 6.10 Å². The van der Waals surface area contributed by atoms with Gasteiger partial charge in [-0.15, -0.1) is 6.58 Å². The van der Waals surface area contributed by atoms with Crippen molar-refractivity contribution in [2.75, 3.05) is 24.6 Å². The standard InChI is InChI=1S/C23H33N3O3/c1-5-7-19-9-10-22(23(15-27)28-19)29-25-17(3)11-13-26-12-6-8-20-21(26)14-16(2)18(4)24-20/h5,9-10,14,19,22-23,27H,1,6-8,11-13,15H2,2-4H3/b25-17+/t19-,22+,23+/m1/s1. The van der Waals surface area contributed by atoms with Crippen molar-refractivity contribution in [2.24, 2.45) is 5.16 Å². The van der Waals surface area contributed by atoms with Gasteiger partial charge in [-0.1, -0.05) is 17.3 Å². The van der Waals surface area contributed by atoms with E-state index in [4.69, 9.17) is 14.6 Å². The molecule has 0 radical (unpaired) electrons. The number of aliphatic hydroxyl groups excluding tert-OH is 1. The van der Waals surface area contributed by atoms with E-state index in [1.54, 1.807) is 0 Å². The third-order valence-corrected chi connectivity index (χ3v) is 5.59. The number of nitrogens with zero attached hydrogens (tertiary/aromatic N) is 3. The lowest BCUT2D eigenvalue weighted by atomic mass is 10.0. The number of anilines is 1. The van der Waals surface area contributed by atoms with Crippen LogP contribution in [0.2, 0.25) is 0 Å². The van der Waals surface area contributed by atoms with Crippen LogP contribution in [-0.4, -0.2) is 53.8 Å². The van der Waals surface area contributed by atoms with Crippen molar-refractivity contribution >= 4 is 11.4 Å². The smallest absolute Gasteiger partial charge is 0.174 e. The summed E-state index contributed by atoms with van der Waals surface area (Å²) in [7, 11) is 0. The van der Waals surface area contributed by atoms with Gasteiger partial charge in [-0.25, -0.2) is 0 Å². The first kappa shape index (κ1) is 21.5. The Morgan fingerprint density at radius 3 is 3.03 bits per heavy atom. The molecule has 158 valence electrons. The molecule has 2 aliphatic rings. The summed E-state index contributed by atoms with van der Waals surface area (Å²) in [5, 5.41) is 13.9. The summed E-state index contributed by atoms with van der Waals surface area (Å²) in [6, 6.07) is 2.26. The van der Waals surface area contributed by atoms with Gasteiger partial charge in [0.1, 0.15) is 6.10 Å². The summed E-state index contributed by atoms with van der Waals surface area (Å²) in [5.74, 6) is 0. The average Bonchev–Trinajstić information content (AvgIpc) is 2.72. The van der Waals surface area contributed by atoms with Crippen LogP contribution < -0.4 is 4.90 Å². The maximum absolute atomic E-state index is 9.60. The molecule has 0 bridgehead atoms. The zero-order valence-corrected chi connectivity index (χ0v) is 17.8. The Hall–Kier alpha value is -2.18. The largest absolute Gasteiger partial charge is 0.394 e. The van der Waals surface area contributed by atoms with Gasteiger partial charge in [-0.05, 0) is 57.7 Å². The SMILES string of the molecule is C=CC[C@@H]1C=C[C@H](O/N=C(\C)CCN2CCCc3nc(C)c(C)cc32)[C@H](CO)O1. The fourth-order valence-corrected chi connectivity index (χ4v) is 3.73. The van der Waals surface area contributed by atoms with Crippen LogP contribution in [0.4, 0.5) is 5.69 Å². The van der Waals surface area contributed by atoms with E-state index in [2.05, 4.69) is 36.5 Å². The number of aryl methyl sites for hydroxylation is 3. The molecule has 0 saturated carbocycles. The van der Waals surface area contributed by atoms with Gasteiger partial charge < -0.3 is 19.6 Å². The zero-order chi connectivity index (χ0) is 20.8. The molecule has 0 amide bonds. The molecule has 0 spiro atoms. The Morgan fingerprint density at radius 2 is 2.28 bits per heavy atom. The van der Waals surface area contributed by atoms with Crippen molar-refractivity contribution < 1.29 is 14.7 Å². The van der Waals surface area contributed by atoms with E-state index in [0.29, 0.717) is 6.42 Å². The third kappa shape index (κ3) is 5.46. The van der Waals surface area contributed by atoms with E-state index in [0.717, 1.165) is 43.8 Å². The molecule has 1 N–H and O–H groups in total. The van der Waals surface area contributed by atoms with E-state index in [1.165, 1.54) is 16.9 Å². The van der Waals surface area contributed by atoms with Crippen LogP contribution in [0, 0.1) is 13.8 Å². The predicted octanol–water partition coefficient (Wildman–Crippen LogP) is 3.49. The lowest BCUT2D eigenvalue weighted by Crippen LogP contribution is -2.38. The Morgan fingerprint density at radius 1 is 1.45 bits per heavy atom. The number of ether oxygens (including phenoxy) is 1. The maximum Gasteiger partial charge on any atom is 0.174 e. The van der Waals surface area contributed by atoms with Gasteiger partial charge in [-0.3, -0.25) is 4.98 Å². The molecule has 0 unspecified atom stereocenters. The van der Waals surface area contributed by atoms with Crippen LogP contribution in [0.5, 0.6) is 0 Å². The lowest BCUT2D eigenvalue weighted by molar-refractivity contribution is -0.1000. The molecule has 0 aliphatic carbocycles. The molecule has 2 aliphatic heterocycles. The highest BCUT2D eigenvalue weighted by molar-refractivity contribution is 5.82. The van der Waals surface area contributed by atoms with Gasteiger partial charge in [0.2, 0.25) is 0 Å². The number of aliphatic hydroxyl groups is 1. The van der Waals surface area contributed by atoms with Crippen molar-refractivity contribution in [3.8, 4) is 0 Å². The summed E-state index contributed by atoms with van der Waals surface area (Å²) in [6.45, 7) is 11.7. The minimum absolute atomic E-state index is 0.0607. The van der Waals surface area contributed by atoms with Gasteiger partial charge in [0, 0.05) is 25.2 Å². The van der Waals surface area contributed by atoms with Crippen LogP contribution in [-0.2, 0) is 16.0 Å². The van der Waals surface area contributed by atoms with Crippen molar-refractivity contribution in [1.29, 1.82) is 0 Å². The van der Waals surface area contributed by atoms with Gasteiger partial charge in [-0.2, -0.15) is 0 Å². The number of oxime groups is 1. The maximum atomic E-state index is 9.60. The Bertz CT molecular complexity index is 775. The van der Waals surface area contributed by atoms with Crippen LogP contribution in [0.1, 0.15) is 43.1 Å². The average molecular weight is 400 g/mol. The molecule has 0 saturated heterocycles. The Balaban J connectivity index is 1.57. The first-order chi connectivity index (χ1) is 14.0. The zero-order valence-electron chi connectivity index (χ0n) is 17.8. The van der Waals surface area contributed by atoms with Crippen LogP contribution in [0.3, 0.4) is 0 Å². The number of pyridine rings is 1. The first-order valence-electron chi connectivity index (χ1n) is 10.5. The topological polar surface area (TPSA) is 67.2 Å². The summed E-state index contributed by atoms with van der Waals surface area (Å²) < 4.78 is 5.82. The van der Waals surface area contributed by atoms with Crippen LogP contribution in [0.25, 0.3) is 0 Å². The van der Waals surface area contributed by atoms with Crippen molar-refractivity contribution in [3.05, 3.63) is 47.8 Å². The first-order valence-corrected chi connectivity index (χ1v) is 10.5. The molecule has 3 heterocycles. The summed E-state index contributed by atoms with van der Waals surface area (Å²) >= 11 is 0. The summed E-state index contributed by atoms with van der Waals surface area (Å²) in [6.07, 6.45) is 8.54. The quantitative estimate of drug-likeness (QED) is 0.412. The Kier molecular flexibility index (Phi) is 7.45. The summed E-state index contributed by atoms with van der Waals surface area (Å²) in [5.41, 5.74) is 5.73. The van der Waals surface area contributed by atoms with Crippen LogP contribution >= 0.6 is 0 Å². The number of hydrogen-bond donors (Lipinski definition) is 1. The number of rotatable bonds is 8. The lowest BCUT2D eigenvalue weighted by Gasteiger charge is -2.31. The van der Waals surface area contributed by atoms with E-state index >= 15 is 0 Å². The summed E-state index contributed by atoms with van der Waals surface area (Å²) in [4.78, 5) is 12.9. The van der Waals surface area contributed by atoms with E-state index in [1.807, 2.05) is 25.2 Å². The van der Waals surface area contributed by atoms with E-state index in [9.17, 15) is 5.11 Å². The fourth-order valence-electron chi connectivity index (χ4n) is 3.73. The molecule has 1 aromatic rings. The molecule has 6 nitrogen and oxygen atoms in total. The van der Waals surface area contributed by atoms with Crippen molar-refractivity contribution in [2.45, 2.75) is 64.8 Å². The number of fused-ring (bicyclic) bond motifs is 1. The molecule has 29 heavy (non-hydrogen) atoms. The van der Waals surface area contributed by atoms with Gasteiger partial charge in [0.05, 0.1) is 29.8 Å². The molecule has 0 fully saturated rings. The highest BCUT2D eigenvalue weighted by Crippen LogP contribution is 2.28. The van der Waals surface area contributed by atoms with Gasteiger partial charge in [0.25, 0.3) is 0 Å². The normalized spacial score (nSPS) is 24.3. The van der Waals surface area contributed by atoms with Gasteiger partial charge >= 0.3 is 0 Å². The molecular formula is C23H33N3O3. The Labute approximate surface area is 173 Å². The molecular weight excluding hydrogens is 366 g/mol. The second-order valence-electron chi connectivity index (χ2n) is 7.90. The van der Waals surface area contributed by atoms with E-state index in [-0.39, 0.29) is 18.8 Å². The fraction of sp³-hybridized carbons (Fsp3) is 0.565. The molecule has 1 aromatic heterocycles. The van der Waals surface area contributed by atoms with Crippen molar-refractivity contribution in [3.63, 3.8) is 0 Å². The minimum Gasteiger partial charge on any atom is -0.394 e. The number of aromatic nitrogens is 1. The predicted molar refractivity (Wildman–Crippen MR) is 117 cm³/mol. The number of hydrogen-bond acceptors (Lipinski definition) is 6. The molecule has 3 atom stereocenters. The molecule has 0 aromatic carbocycles. The minimum atomic E-state index is -0.409. The highest BCUT2D eigenvalue weighted by atomic mass is 16.7. The van der Waals surface area contributed by atoms with Crippen molar-refractivity contribution in [1.82, 2.24) is 4.98 Å².